The van der Waals surface area contributed by atoms with Gasteiger partial charge in [-0.3, -0.25) is 4.79 Å². The van der Waals surface area contributed by atoms with E-state index in [1.54, 1.807) is 18.3 Å². The molecule has 0 radical (unpaired) electrons. The summed E-state index contributed by atoms with van der Waals surface area (Å²) < 4.78 is 13.1. The average Bonchev–Trinajstić information content (AvgIpc) is 3.24. The molecular weight excluding hydrogens is 363 g/mol. The minimum absolute atomic E-state index is 0.103. The fourth-order valence-corrected chi connectivity index (χ4v) is 4.40. The number of hydrogen-bond donors (Lipinski definition) is 1. The van der Waals surface area contributed by atoms with E-state index < -0.39 is 0 Å². The van der Waals surface area contributed by atoms with Crippen molar-refractivity contribution in [2.45, 2.75) is 44.9 Å². The van der Waals surface area contributed by atoms with E-state index in [0.717, 1.165) is 54.6 Å². The number of Topliss-reactive ketones (excluding diaryl/α,β-unsaturated/α-hetero) is 1. The number of nitrogens with one attached hydrogen (secondary N) is 1. The first-order valence-corrected chi connectivity index (χ1v) is 10.6. The molecule has 3 aromatic rings. The number of hydrogen-bond acceptors (Lipinski definition) is 2. The quantitative estimate of drug-likeness (QED) is 0.525. The normalized spacial score (nSPS) is 20.0. The first-order chi connectivity index (χ1) is 14.2. The van der Waals surface area contributed by atoms with E-state index in [0.29, 0.717) is 5.92 Å². The molecule has 0 spiro atoms. The van der Waals surface area contributed by atoms with E-state index in [1.807, 2.05) is 30.5 Å². The smallest absolute Gasteiger partial charge is 0.165 e. The number of aromatic amines is 1. The summed E-state index contributed by atoms with van der Waals surface area (Å²) >= 11 is 0. The largest absolute Gasteiger partial charge is 0.349 e. The molecule has 1 fully saturated rings. The number of H-pyrrole nitrogens is 1. The molecule has 0 amide bonds. The van der Waals surface area contributed by atoms with Gasteiger partial charge in [-0.05, 0) is 48.4 Å². The fraction of sp³-hybridized carbons (Fsp3) is 0.360. The van der Waals surface area contributed by atoms with Crippen molar-refractivity contribution in [2.75, 3.05) is 0 Å². The van der Waals surface area contributed by atoms with Gasteiger partial charge in [0.2, 0.25) is 0 Å². The third-order valence-electron chi connectivity index (χ3n) is 6.09. The Labute approximate surface area is 171 Å². The molecule has 0 saturated heterocycles. The third-order valence-corrected chi connectivity index (χ3v) is 6.09. The van der Waals surface area contributed by atoms with Crippen LogP contribution in [0.1, 0.15) is 54.7 Å². The highest BCUT2D eigenvalue weighted by Crippen LogP contribution is 2.30. The first-order valence-electron chi connectivity index (χ1n) is 10.6. The lowest BCUT2D eigenvalue weighted by Crippen LogP contribution is -2.19. The monoisotopic (exact) mass is 390 g/mol. The molecule has 4 heteroatoms. The molecule has 1 N–H and O–H groups in total. The zero-order valence-electron chi connectivity index (χ0n) is 16.6. The van der Waals surface area contributed by atoms with Gasteiger partial charge in [-0.25, -0.2) is 9.37 Å². The maximum absolute atomic E-state index is 13.1. The number of ketones is 1. The van der Waals surface area contributed by atoms with Gasteiger partial charge in [0.05, 0.1) is 0 Å². The lowest BCUT2D eigenvalue weighted by Gasteiger charge is -2.24. The van der Waals surface area contributed by atoms with E-state index in [4.69, 9.17) is 0 Å². The van der Waals surface area contributed by atoms with Crippen LogP contribution in [0.5, 0.6) is 0 Å². The van der Waals surface area contributed by atoms with Gasteiger partial charge in [-0.15, -0.1) is 0 Å². The van der Waals surface area contributed by atoms with Crippen molar-refractivity contribution in [2.24, 2.45) is 11.8 Å². The zero-order chi connectivity index (χ0) is 20.1. The highest BCUT2D eigenvalue weighted by atomic mass is 19.1. The van der Waals surface area contributed by atoms with Gasteiger partial charge in [0, 0.05) is 30.3 Å². The van der Waals surface area contributed by atoms with Crippen molar-refractivity contribution >= 4 is 5.78 Å². The maximum atomic E-state index is 13.1. The van der Waals surface area contributed by atoms with Crippen molar-refractivity contribution in [3.8, 4) is 11.1 Å². The van der Waals surface area contributed by atoms with Crippen LogP contribution in [0.2, 0.25) is 0 Å². The molecule has 1 aromatic heterocycles. The molecule has 0 aliphatic heterocycles. The molecule has 2 atom stereocenters. The van der Waals surface area contributed by atoms with Gasteiger partial charge in [-0.2, -0.15) is 0 Å². The van der Waals surface area contributed by atoms with Crippen LogP contribution in [0.4, 0.5) is 4.39 Å². The van der Waals surface area contributed by atoms with Crippen molar-refractivity contribution in [3.05, 3.63) is 78.1 Å². The Morgan fingerprint density at radius 2 is 1.62 bits per heavy atom. The highest BCUT2D eigenvalue weighted by molar-refractivity contribution is 5.98. The zero-order valence-corrected chi connectivity index (χ0v) is 16.6. The van der Waals surface area contributed by atoms with Crippen LogP contribution in [0.3, 0.4) is 0 Å². The van der Waals surface area contributed by atoms with Crippen molar-refractivity contribution in [1.82, 2.24) is 9.97 Å². The van der Waals surface area contributed by atoms with Crippen LogP contribution in [-0.2, 0) is 6.42 Å². The fourth-order valence-electron chi connectivity index (χ4n) is 4.40. The SMILES string of the molecule is O=C(c1ccc(-c2ccc(F)cc2)cc1)C1CCCCC(Cc2ncc[nH]2)CC1. The average molecular weight is 391 g/mol. The number of nitrogens with zero attached hydrogens (tertiary/aromatic N) is 1. The number of halogens is 1. The van der Waals surface area contributed by atoms with Gasteiger partial charge in [0.25, 0.3) is 0 Å². The topological polar surface area (TPSA) is 45.8 Å². The number of benzene rings is 2. The number of carbonyl (C=O) groups excluding carboxylic acids is 1. The molecule has 1 aliphatic carbocycles. The summed E-state index contributed by atoms with van der Waals surface area (Å²) in [5.74, 6) is 1.77. The molecule has 4 rings (SSSR count). The van der Waals surface area contributed by atoms with Crippen LogP contribution in [0, 0.1) is 17.7 Å². The molecule has 1 saturated carbocycles. The second kappa shape index (κ2) is 9.17. The van der Waals surface area contributed by atoms with E-state index in [1.165, 1.54) is 25.0 Å². The molecule has 0 bridgehead atoms. The summed E-state index contributed by atoms with van der Waals surface area (Å²) in [5, 5.41) is 0. The standard InChI is InChI=1S/C25H27FN2O/c26-23-13-11-20(12-14-23)19-7-9-22(10-8-19)25(29)21-4-2-1-3-18(5-6-21)17-24-27-15-16-28-24/h7-16,18,21H,1-6,17H2,(H,27,28). The highest BCUT2D eigenvalue weighted by Gasteiger charge is 2.24. The van der Waals surface area contributed by atoms with Crippen LogP contribution in [-0.4, -0.2) is 15.8 Å². The second-order valence-corrected chi connectivity index (χ2v) is 8.11. The molecule has 150 valence electrons. The molecule has 2 aromatic carbocycles. The second-order valence-electron chi connectivity index (χ2n) is 8.11. The summed E-state index contributed by atoms with van der Waals surface area (Å²) in [5.41, 5.74) is 2.74. The number of carbonyl (C=O) groups is 1. The number of imidazole rings is 1. The van der Waals surface area contributed by atoms with Crippen molar-refractivity contribution in [1.29, 1.82) is 0 Å². The Hall–Kier alpha value is -2.75. The molecule has 29 heavy (non-hydrogen) atoms. The number of rotatable bonds is 5. The lowest BCUT2D eigenvalue weighted by molar-refractivity contribution is 0.0891. The summed E-state index contributed by atoms with van der Waals surface area (Å²) in [7, 11) is 0. The molecule has 1 heterocycles. The van der Waals surface area contributed by atoms with Crippen molar-refractivity contribution in [3.63, 3.8) is 0 Å². The Balaban J connectivity index is 1.40. The van der Waals surface area contributed by atoms with Gasteiger partial charge in [0.1, 0.15) is 11.6 Å². The van der Waals surface area contributed by atoms with Gasteiger partial charge >= 0.3 is 0 Å². The van der Waals surface area contributed by atoms with E-state index in [-0.39, 0.29) is 17.5 Å². The summed E-state index contributed by atoms with van der Waals surface area (Å²) in [6, 6.07) is 14.2. The van der Waals surface area contributed by atoms with Gasteiger partial charge in [0.15, 0.2) is 5.78 Å². The molecule has 1 aliphatic rings. The molecule has 2 unspecified atom stereocenters. The maximum Gasteiger partial charge on any atom is 0.165 e. The molecular formula is C25H27FN2O. The number of aromatic nitrogens is 2. The summed E-state index contributed by atoms with van der Waals surface area (Å²) in [4.78, 5) is 20.7. The van der Waals surface area contributed by atoms with E-state index >= 15 is 0 Å². The van der Waals surface area contributed by atoms with Crippen LogP contribution < -0.4 is 0 Å². The van der Waals surface area contributed by atoms with E-state index in [9.17, 15) is 9.18 Å². The van der Waals surface area contributed by atoms with Gasteiger partial charge < -0.3 is 4.98 Å². The Kier molecular flexibility index (Phi) is 6.18. The predicted molar refractivity (Wildman–Crippen MR) is 113 cm³/mol. The van der Waals surface area contributed by atoms with Crippen LogP contribution in [0.25, 0.3) is 11.1 Å². The lowest BCUT2D eigenvalue weighted by atomic mass is 9.81. The third kappa shape index (κ3) is 5.00. The molecule has 3 nitrogen and oxygen atoms in total. The van der Waals surface area contributed by atoms with E-state index in [2.05, 4.69) is 9.97 Å². The Morgan fingerprint density at radius 3 is 2.31 bits per heavy atom. The summed E-state index contributed by atoms with van der Waals surface area (Å²) in [6.45, 7) is 0. The van der Waals surface area contributed by atoms with Crippen LogP contribution in [0.15, 0.2) is 60.9 Å². The minimum atomic E-state index is -0.241. The predicted octanol–water partition coefficient (Wildman–Crippen LogP) is 6.23. The van der Waals surface area contributed by atoms with Gasteiger partial charge in [-0.1, -0.05) is 55.7 Å². The Morgan fingerprint density at radius 1 is 0.931 bits per heavy atom. The van der Waals surface area contributed by atoms with Crippen molar-refractivity contribution < 1.29 is 9.18 Å². The Bertz CT molecular complexity index is 916. The summed E-state index contributed by atoms with van der Waals surface area (Å²) in [6.07, 6.45) is 11.2. The minimum Gasteiger partial charge on any atom is -0.349 e. The van der Waals surface area contributed by atoms with Crippen LogP contribution >= 0.6 is 0 Å². The first kappa shape index (κ1) is 19.6.